The zero-order valence-electron chi connectivity index (χ0n) is 17.9. The molecule has 13 heteroatoms. The molecule has 0 aromatic heterocycles. The van der Waals surface area contributed by atoms with Crippen LogP contribution in [0.3, 0.4) is 0 Å². The molecule has 0 unspecified atom stereocenters. The summed E-state index contributed by atoms with van der Waals surface area (Å²) in [5, 5.41) is 10.9. The van der Waals surface area contributed by atoms with Crippen LogP contribution >= 0.6 is 11.6 Å². The lowest BCUT2D eigenvalue weighted by Crippen LogP contribution is -2.31. The Bertz CT molecular complexity index is 1140. The van der Waals surface area contributed by atoms with Crippen LogP contribution in [0.4, 0.5) is 18.9 Å². The number of nitro benzene ring substituents is 1. The van der Waals surface area contributed by atoms with Crippen LogP contribution in [-0.2, 0) is 25.2 Å². The second-order valence-electron chi connectivity index (χ2n) is 7.68. The molecule has 0 bridgehead atoms. The molecule has 0 saturated carbocycles. The van der Waals surface area contributed by atoms with Crippen molar-refractivity contribution in [3.05, 3.63) is 62.7 Å². The van der Waals surface area contributed by atoms with Crippen LogP contribution in [0.15, 0.2) is 36.4 Å². The number of nitro groups is 1. The van der Waals surface area contributed by atoms with Gasteiger partial charge in [-0.3, -0.25) is 14.9 Å². The molecule has 0 amide bonds. The van der Waals surface area contributed by atoms with Crippen LogP contribution in [0, 0.1) is 10.1 Å². The van der Waals surface area contributed by atoms with Gasteiger partial charge in [0.15, 0.2) is 6.61 Å². The van der Waals surface area contributed by atoms with Crippen LogP contribution in [0.1, 0.15) is 36.7 Å². The molecule has 2 aromatic carbocycles. The van der Waals surface area contributed by atoms with Crippen LogP contribution in [0.2, 0.25) is 5.02 Å². The summed E-state index contributed by atoms with van der Waals surface area (Å²) in [6, 6.07) is 5.12. The fourth-order valence-corrected chi connectivity index (χ4v) is 2.61. The highest BCUT2D eigenvalue weighted by Crippen LogP contribution is 2.37. The fraction of sp³-hybridized carbons (Fsp3) is 0.286. The van der Waals surface area contributed by atoms with Gasteiger partial charge in [0.1, 0.15) is 22.7 Å². The molecule has 0 saturated heterocycles. The normalized spacial score (nSPS) is 11.5. The zero-order chi connectivity index (χ0) is 25.8. The first kappa shape index (κ1) is 26.6. The summed E-state index contributed by atoms with van der Waals surface area (Å²) >= 11 is 5.82. The quantitative estimate of drug-likeness (QED) is 0.221. The lowest BCUT2D eigenvalue weighted by atomic mass is 10.1. The van der Waals surface area contributed by atoms with Gasteiger partial charge in [-0.05, 0) is 45.0 Å². The average Bonchev–Trinajstić information content (AvgIpc) is 2.70. The molecule has 0 N–H and O–H groups in total. The van der Waals surface area contributed by atoms with Crippen molar-refractivity contribution in [3.63, 3.8) is 0 Å². The van der Waals surface area contributed by atoms with Crippen LogP contribution in [0.5, 0.6) is 11.5 Å². The first-order valence-corrected chi connectivity index (χ1v) is 9.72. The molecule has 182 valence electrons. The third-order valence-corrected chi connectivity index (χ3v) is 4.13. The molecule has 9 nitrogen and oxygen atoms in total. The molecule has 0 aliphatic carbocycles. The Labute approximate surface area is 195 Å². The van der Waals surface area contributed by atoms with E-state index in [0.717, 1.165) is 24.3 Å². The molecule has 0 radical (unpaired) electrons. The standard InChI is InChI=1S/C21H17ClF3NO8/c1-20(2,3)34-19(29)16(27)10-32-18(28)13-9-12(5-6-15(13)26(30)31)33-17-7-4-11(8-14(17)22)21(23,24)25/h4-9H,10H2,1-3H3. The van der Waals surface area contributed by atoms with E-state index in [2.05, 4.69) is 0 Å². The number of rotatable bonds is 7. The summed E-state index contributed by atoms with van der Waals surface area (Å²) in [5.41, 5.74) is -3.34. The van der Waals surface area contributed by atoms with Crippen molar-refractivity contribution in [3.8, 4) is 11.5 Å². The molecule has 34 heavy (non-hydrogen) atoms. The summed E-state index contributed by atoms with van der Waals surface area (Å²) in [7, 11) is 0. The summed E-state index contributed by atoms with van der Waals surface area (Å²) < 4.78 is 53.2. The van der Waals surface area contributed by atoms with Crippen molar-refractivity contribution in [2.75, 3.05) is 6.61 Å². The molecule has 0 heterocycles. The predicted molar refractivity (Wildman–Crippen MR) is 111 cm³/mol. The van der Waals surface area contributed by atoms with Crippen molar-refractivity contribution >= 4 is 35.0 Å². The minimum atomic E-state index is -4.64. The van der Waals surface area contributed by atoms with E-state index in [9.17, 15) is 37.7 Å². The smallest absolute Gasteiger partial charge is 0.416 e. The molecule has 0 atom stereocenters. The highest BCUT2D eigenvalue weighted by Gasteiger charge is 2.31. The van der Waals surface area contributed by atoms with E-state index in [-0.39, 0.29) is 11.5 Å². The average molecular weight is 504 g/mol. The topological polar surface area (TPSA) is 122 Å². The molecule has 0 aliphatic rings. The number of carbonyl (C=O) groups is 3. The van der Waals surface area contributed by atoms with Gasteiger partial charge in [0, 0.05) is 12.1 Å². The molecule has 2 rings (SSSR count). The number of nitrogens with zero attached hydrogens (tertiary/aromatic N) is 1. The number of carbonyl (C=O) groups excluding carboxylic acids is 3. The van der Waals surface area contributed by atoms with E-state index >= 15 is 0 Å². The summed E-state index contributed by atoms with van der Waals surface area (Å²) in [5.74, 6) is -4.20. The van der Waals surface area contributed by atoms with E-state index in [4.69, 9.17) is 25.8 Å². The number of ether oxygens (including phenoxy) is 3. The summed E-state index contributed by atoms with van der Waals surface area (Å²) in [6.45, 7) is 3.51. The molecule has 0 aliphatic heterocycles. The van der Waals surface area contributed by atoms with Gasteiger partial charge in [-0.2, -0.15) is 13.2 Å². The fourth-order valence-electron chi connectivity index (χ4n) is 2.39. The number of halogens is 4. The van der Waals surface area contributed by atoms with Crippen LogP contribution in [-0.4, -0.2) is 34.9 Å². The number of benzene rings is 2. The van der Waals surface area contributed by atoms with E-state index in [1.807, 2.05) is 0 Å². The maximum absolute atomic E-state index is 12.8. The van der Waals surface area contributed by atoms with Gasteiger partial charge in [-0.25, -0.2) is 9.59 Å². The van der Waals surface area contributed by atoms with Crippen LogP contribution < -0.4 is 4.74 Å². The minimum Gasteiger partial charge on any atom is -0.456 e. The first-order chi connectivity index (χ1) is 15.6. The molecule has 0 spiro atoms. The summed E-state index contributed by atoms with van der Waals surface area (Å²) in [6.07, 6.45) is -4.64. The second kappa shape index (κ2) is 10.1. The lowest BCUT2D eigenvalue weighted by Gasteiger charge is -2.18. The monoisotopic (exact) mass is 503 g/mol. The Hall–Kier alpha value is -3.67. The third kappa shape index (κ3) is 7.17. The van der Waals surface area contributed by atoms with Crippen LogP contribution in [0.25, 0.3) is 0 Å². The summed E-state index contributed by atoms with van der Waals surface area (Å²) in [4.78, 5) is 46.2. The largest absolute Gasteiger partial charge is 0.456 e. The number of hydrogen-bond donors (Lipinski definition) is 0. The van der Waals surface area contributed by atoms with Crippen molar-refractivity contribution in [1.82, 2.24) is 0 Å². The maximum Gasteiger partial charge on any atom is 0.416 e. The highest BCUT2D eigenvalue weighted by molar-refractivity contribution is 6.34. The number of esters is 2. The number of Topliss-reactive ketones (excluding diaryl/α,β-unsaturated/α-hetero) is 1. The molecule has 2 aromatic rings. The van der Waals surface area contributed by atoms with Crippen molar-refractivity contribution < 1.29 is 46.7 Å². The lowest BCUT2D eigenvalue weighted by molar-refractivity contribution is -0.385. The Morgan fingerprint density at radius 2 is 1.71 bits per heavy atom. The van der Waals surface area contributed by atoms with E-state index < -0.39 is 62.9 Å². The number of alkyl halides is 3. The number of ketones is 1. The minimum absolute atomic E-state index is 0.197. The Kier molecular flexibility index (Phi) is 7.88. The molecular weight excluding hydrogens is 487 g/mol. The van der Waals surface area contributed by atoms with Gasteiger partial charge >= 0.3 is 18.1 Å². The molecular formula is C21H17ClF3NO8. The highest BCUT2D eigenvalue weighted by atomic mass is 35.5. The third-order valence-electron chi connectivity index (χ3n) is 3.83. The predicted octanol–water partition coefficient (Wildman–Crippen LogP) is 5.13. The van der Waals surface area contributed by atoms with Gasteiger partial charge in [-0.15, -0.1) is 0 Å². The van der Waals surface area contributed by atoms with Gasteiger partial charge in [0.25, 0.3) is 11.5 Å². The zero-order valence-corrected chi connectivity index (χ0v) is 18.7. The second-order valence-corrected chi connectivity index (χ2v) is 8.09. The van der Waals surface area contributed by atoms with Gasteiger partial charge in [-0.1, -0.05) is 11.6 Å². The van der Waals surface area contributed by atoms with Crippen molar-refractivity contribution in [1.29, 1.82) is 0 Å². The number of hydrogen-bond acceptors (Lipinski definition) is 8. The van der Waals surface area contributed by atoms with Crippen molar-refractivity contribution in [2.45, 2.75) is 32.5 Å². The SMILES string of the molecule is CC(C)(C)OC(=O)C(=O)COC(=O)c1cc(Oc2ccc(C(F)(F)F)cc2Cl)ccc1[N+](=O)[O-]. The molecule has 0 fully saturated rings. The first-order valence-electron chi connectivity index (χ1n) is 9.35. The van der Waals surface area contributed by atoms with Gasteiger partial charge in [0.2, 0.25) is 0 Å². The van der Waals surface area contributed by atoms with Gasteiger partial charge in [0.05, 0.1) is 15.5 Å². The Balaban J connectivity index is 2.23. The van der Waals surface area contributed by atoms with E-state index in [0.29, 0.717) is 12.1 Å². The van der Waals surface area contributed by atoms with Crippen molar-refractivity contribution in [2.24, 2.45) is 0 Å². The Morgan fingerprint density at radius 3 is 2.24 bits per heavy atom. The van der Waals surface area contributed by atoms with Gasteiger partial charge < -0.3 is 14.2 Å². The Morgan fingerprint density at radius 1 is 1.06 bits per heavy atom. The maximum atomic E-state index is 12.8. The van der Waals surface area contributed by atoms with E-state index in [1.165, 1.54) is 20.8 Å². The van der Waals surface area contributed by atoms with E-state index in [1.54, 1.807) is 0 Å².